The van der Waals surface area contributed by atoms with Crippen molar-refractivity contribution in [1.82, 2.24) is 0 Å². The number of rotatable bonds is 51. The second-order valence-electron chi connectivity index (χ2n) is 18.8. The second kappa shape index (κ2) is 58.4. The van der Waals surface area contributed by atoms with E-state index in [0.29, 0.717) is 25.7 Å². The third-order valence-corrected chi connectivity index (χ3v) is 11.9. The standard InChI is InChI=1S/C65H106O6/c1-4-7-10-13-16-19-22-25-28-30-32-34-37-40-43-46-49-52-55-58-64(67)70-61-62(60-69-63(66)57-54-51-48-45-42-39-36-27-24-21-18-15-12-9-6-3)71-65(68)59-56-53-50-47-44-41-38-35-33-31-29-26-23-20-17-14-11-8-5-2/h7,9-10,12,16,18-19,21,25-29,32,34,36,40,42-43,45,62H,4-6,8,11,13-15,17,20,22-24,30-31,33,35,37-39,41,44,46-61H2,1-3H3/b10-7-,12-9-,19-16-,21-18-,28-25-,29-26-,34-32-,36-27-,43-40-,45-42-/t62-/m0/s1. The van der Waals surface area contributed by atoms with Crippen molar-refractivity contribution in [2.75, 3.05) is 13.2 Å². The van der Waals surface area contributed by atoms with Crippen LogP contribution in [0.3, 0.4) is 0 Å². The maximum atomic E-state index is 12.9. The predicted octanol–water partition coefficient (Wildman–Crippen LogP) is 19.6. The van der Waals surface area contributed by atoms with Gasteiger partial charge in [0.2, 0.25) is 0 Å². The van der Waals surface area contributed by atoms with E-state index in [-0.39, 0.29) is 31.1 Å². The van der Waals surface area contributed by atoms with Gasteiger partial charge in [-0.2, -0.15) is 0 Å². The Morgan fingerprint density at radius 3 is 0.915 bits per heavy atom. The van der Waals surface area contributed by atoms with Crippen LogP contribution < -0.4 is 0 Å². The van der Waals surface area contributed by atoms with Gasteiger partial charge in [-0.15, -0.1) is 0 Å². The number of allylic oxidation sites excluding steroid dienone is 20. The fourth-order valence-electron chi connectivity index (χ4n) is 7.63. The zero-order valence-electron chi connectivity index (χ0n) is 45.9. The quantitative estimate of drug-likeness (QED) is 0.0261. The topological polar surface area (TPSA) is 78.9 Å². The maximum absolute atomic E-state index is 12.9. The van der Waals surface area contributed by atoms with E-state index in [1.807, 2.05) is 0 Å². The molecule has 6 nitrogen and oxygen atoms in total. The number of ether oxygens (including phenoxy) is 3. The summed E-state index contributed by atoms with van der Waals surface area (Å²) in [6.07, 6.45) is 80.5. The second-order valence-corrected chi connectivity index (χ2v) is 18.8. The van der Waals surface area contributed by atoms with Crippen LogP contribution in [0.2, 0.25) is 0 Å². The summed E-state index contributed by atoms with van der Waals surface area (Å²) in [4.78, 5) is 38.2. The molecule has 0 radical (unpaired) electrons. The van der Waals surface area contributed by atoms with Gasteiger partial charge in [0.05, 0.1) is 0 Å². The van der Waals surface area contributed by atoms with Crippen LogP contribution in [0, 0.1) is 0 Å². The summed E-state index contributed by atoms with van der Waals surface area (Å²) < 4.78 is 16.8. The molecule has 0 aliphatic carbocycles. The molecule has 0 aliphatic rings. The van der Waals surface area contributed by atoms with Crippen LogP contribution in [0.15, 0.2) is 122 Å². The molecule has 0 fully saturated rings. The molecule has 0 unspecified atom stereocenters. The summed E-state index contributed by atoms with van der Waals surface area (Å²) in [5.74, 6) is -0.986. The van der Waals surface area contributed by atoms with Gasteiger partial charge in [-0.1, -0.05) is 226 Å². The van der Waals surface area contributed by atoms with Gasteiger partial charge < -0.3 is 14.2 Å². The van der Waals surface area contributed by atoms with Crippen molar-refractivity contribution in [3.8, 4) is 0 Å². The molecule has 0 spiro atoms. The molecular weight excluding hydrogens is 877 g/mol. The number of unbranched alkanes of at least 4 members (excludes halogenated alkanes) is 20. The minimum absolute atomic E-state index is 0.112. The Bertz CT molecular complexity index is 1500. The van der Waals surface area contributed by atoms with Crippen LogP contribution >= 0.6 is 0 Å². The smallest absolute Gasteiger partial charge is 0.306 e. The van der Waals surface area contributed by atoms with Crippen molar-refractivity contribution in [2.24, 2.45) is 0 Å². The highest BCUT2D eigenvalue weighted by Gasteiger charge is 2.19. The van der Waals surface area contributed by atoms with Gasteiger partial charge in [-0.3, -0.25) is 14.4 Å². The molecule has 0 saturated heterocycles. The first kappa shape index (κ1) is 66.8. The largest absolute Gasteiger partial charge is 0.462 e. The monoisotopic (exact) mass is 983 g/mol. The van der Waals surface area contributed by atoms with Gasteiger partial charge >= 0.3 is 17.9 Å². The van der Waals surface area contributed by atoms with Gasteiger partial charge in [0, 0.05) is 19.3 Å². The Hall–Kier alpha value is -4.19. The SMILES string of the molecule is CC/C=C\C/C=C\C/C=C\C/C=C\C/C=C\CCCCCC(=O)OC[C@H](COC(=O)CCCC/C=C\C/C=C\C/C=C\C/C=C\CC)OC(=O)CCCCCCCCCCC/C=C\CCCCCCCC. The van der Waals surface area contributed by atoms with E-state index in [0.717, 1.165) is 116 Å². The van der Waals surface area contributed by atoms with Crippen LogP contribution in [0.25, 0.3) is 0 Å². The van der Waals surface area contributed by atoms with Crippen LogP contribution in [0.4, 0.5) is 0 Å². The molecule has 0 aromatic heterocycles. The van der Waals surface area contributed by atoms with E-state index in [2.05, 4.69) is 142 Å². The minimum atomic E-state index is -0.814. The summed E-state index contributed by atoms with van der Waals surface area (Å²) in [6.45, 7) is 6.34. The number of hydrogen-bond donors (Lipinski definition) is 0. The molecule has 71 heavy (non-hydrogen) atoms. The third-order valence-electron chi connectivity index (χ3n) is 11.9. The fraction of sp³-hybridized carbons (Fsp3) is 0.646. The first-order valence-electron chi connectivity index (χ1n) is 29.0. The molecule has 0 aliphatic heterocycles. The molecular formula is C65H106O6. The number of carbonyl (C=O) groups is 3. The number of esters is 3. The molecule has 0 heterocycles. The zero-order valence-corrected chi connectivity index (χ0v) is 45.9. The Kier molecular flexibility index (Phi) is 54.9. The molecule has 0 N–H and O–H groups in total. The van der Waals surface area contributed by atoms with Crippen LogP contribution in [-0.2, 0) is 28.6 Å². The van der Waals surface area contributed by atoms with Crippen molar-refractivity contribution in [2.45, 2.75) is 258 Å². The Labute approximate surface area is 437 Å². The van der Waals surface area contributed by atoms with Crippen molar-refractivity contribution < 1.29 is 28.6 Å². The zero-order chi connectivity index (χ0) is 51.4. The average Bonchev–Trinajstić information content (AvgIpc) is 3.37. The molecule has 0 amide bonds. The van der Waals surface area contributed by atoms with Gasteiger partial charge in [0.25, 0.3) is 0 Å². The molecule has 0 saturated carbocycles. The van der Waals surface area contributed by atoms with E-state index in [9.17, 15) is 14.4 Å². The number of hydrogen-bond acceptors (Lipinski definition) is 6. The predicted molar refractivity (Wildman–Crippen MR) is 306 cm³/mol. The lowest BCUT2D eigenvalue weighted by atomic mass is 10.1. The van der Waals surface area contributed by atoms with Crippen molar-refractivity contribution in [3.05, 3.63) is 122 Å². The molecule has 402 valence electrons. The molecule has 1 atom stereocenters. The third kappa shape index (κ3) is 56.6. The lowest BCUT2D eigenvalue weighted by molar-refractivity contribution is -0.167. The van der Waals surface area contributed by atoms with Gasteiger partial charge in [-0.25, -0.2) is 0 Å². The maximum Gasteiger partial charge on any atom is 0.306 e. The Morgan fingerprint density at radius 1 is 0.296 bits per heavy atom. The summed E-state index contributed by atoms with van der Waals surface area (Å²) in [5, 5.41) is 0. The van der Waals surface area contributed by atoms with Crippen molar-refractivity contribution >= 4 is 17.9 Å². The molecule has 6 heteroatoms. The average molecular weight is 984 g/mol. The minimum Gasteiger partial charge on any atom is -0.462 e. The van der Waals surface area contributed by atoms with E-state index in [1.165, 1.54) is 89.9 Å². The highest BCUT2D eigenvalue weighted by atomic mass is 16.6. The normalized spacial score (nSPS) is 13.0. The van der Waals surface area contributed by atoms with Gasteiger partial charge in [0.1, 0.15) is 13.2 Å². The Balaban J connectivity index is 4.51. The summed E-state index contributed by atoms with van der Waals surface area (Å²) >= 11 is 0. The first-order chi connectivity index (χ1) is 35.0. The van der Waals surface area contributed by atoms with E-state index < -0.39 is 6.10 Å². The lowest BCUT2D eigenvalue weighted by Crippen LogP contribution is -2.30. The van der Waals surface area contributed by atoms with Crippen molar-refractivity contribution in [3.63, 3.8) is 0 Å². The van der Waals surface area contributed by atoms with Gasteiger partial charge in [-0.05, 0) is 128 Å². The summed E-state index contributed by atoms with van der Waals surface area (Å²) in [5.41, 5.74) is 0. The van der Waals surface area contributed by atoms with E-state index in [1.54, 1.807) is 0 Å². The molecule has 0 aromatic carbocycles. The highest BCUT2D eigenvalue weighted by molar-refractivity contribution is 5.71. The first-order valence-corrected chi connectivity index (χ1v) is 29.0. The molecule has 0 rings (SSSR count). The van der Waals surface area contributed by atoms with Crippen LogP contribution in [0.5, 0.6) is 0 Å². The summed E-state index contributed by atoms with van der Waals surface area (Å²) in [6, 6.07) is 0. The number of carbonyl (C=O) groups excluding carboxylic acids is 3. The van der Waals surface area contributed by atoms with E-state index in [4.69, 9.17) is 14.2 Å². The van der Waals surface area contributed by atoms with Crippen LogP contribution in [-0.4, -0.2) is 37.2 Å². The van der Waals surface area contributed by atoms with Gasteiger partial charge in [0.15, 0.2) is 6.10 Å². The molecule has 0 aromatic rings. The highest BCUT2D eigenvalue weighted by Crippen LogP contribution is 2.14. The molecule has 0 bridgehead atoms. The summed E-state index contributed by atoms with van der Waals surface area (Å²) in [7, 11) is 0. The lowest BCUT2D eigenvalue weighted by Gasteiger charge is -2.18. The van der Waals surface area contributed by atoms with E-state index >= 15 is 0 Å². The van der Waals surface area contributed by atoms with Crippen molar-refractivity contribution in [1.29, 1.82) is 0 Å². The van der Waals surface area contributed by atoms with Crippen LogP contribution in [0.1, 0.15) is 252 Å². The fourth-order valence-corrected chi connectivity index (χ4v) is 7.63. The Morgan fingerprint density at radius 2 is 0.549 bits per heavy atom.